The fourth-order valence-corrected chi connectivity index (χ4v) is 1.50. The van der Waals surface area contributed by atoms with Gasteiger partial charge in [0.2, 0.25) is 0 Å². The van der Waals surface area contributed by atoms with Crippen LogP contribution < -0.4 is 5.56 Å². The summed E-state index contributed by atoms with van der Waals surface area (Å²) in [6.07, 6.45) is -0.527. The van der Waals surface area contributed by atoms with Crippen LogP contribution in [0, 0.1) is 0 Å². The maximum atomic E-state index is 11.7. The molecule has 0 aliphatic rings. The first-order valence-corrected chi connectivity index (χ1v) is 4.54. The number of H-pyrrole nitrogens is 1. The lowest BCUT2D eigenvalue weighted by Gasteiger charge is -2.02. The molecule has 2 N–H and O–H groups in total. The lowest BCUT2D eigenvalue weighted by Crippen LogP contribution is -2.22. The van der Waals surface area contributed by atoms with Crippen LogP contribution in [0.1, 0.15) is 6.92 Å². The van der Waals surface area contributed by atoms with E-state index in [0.717, 1.165) is 5.52 Å². The molecule has 0 aliphatic carbocycles. The molecule has 1 aromatic heterocycles. The number of hydrogen-bond donors (Lipinski definition) is 2. The summed E-state index contributed by atoms with van der Waals surface area (Å²) in [6, 6.07) is 7.30. The van der Waals surface area contributed by atoms with E-state index in [1.807, 2.05) is 18.2 Å². The molecule has 74 valence electrons. The minimum atomic E-state index is -0.527. The number of hydrogen-bond acceptors (Lipinski definition) is 2. The van der Waals surface area contributed by atoms with Crippen LogP contribution >= 0.6 is 0 Å². The quantitative estimate of drug-likeness (QED) is 0.736. The molecule has 0 saturated heterocycles. The summed E-state index contributed by atoms with van der Waals surface area (Å²) in [5, 5.41) is 12.8. The van der Waals surface area contributed by atoms with Gasteiger partial charge in [-0.05, 0) is 19.1 Å². The number of nitrogens with zero attached hydrogens (tertiary/aromatic N) is 1. The Bertz CT molecular complexity index is 496. The second-order valence-corrected chi connectivity index (χ2v) is 3.42. The Morgan fingerprint density at radius 1 is 1.50 bits per heavy atom. The van der Waals surface area contributed by atoms with E-state index < -0.39 is 6.10 Å². The van der Waals surface area contributed by atoms with Crippen molar-refractivity contribution in [1.29, 1.82) is 0 Å². The van der Waals surface area contributed by atoms with Gasteiger partial charge in [0.15, 0.2) is 0 Å². The van der Waals surface area contributed by atoms with E-state index in [0.29, 0.717) is 11.9 Å². The highest BCUT2D eigenvalue weighted by atomic mass is 16.3. The molecule has 1 unspecified atom stereocenters. The Morgan fingerprint density at radius 2 is 2.21 bits per heavy atom. The average Bonchev–Trinajstić information content (AvgIpc) is 2.44. The molecule has 0 amide bonds. The third kappa shape index (κ3) is 1.44. The monoisotopic (exact) mass is 192 g/mol. The molecule has 2 rings (SSSR count). The summed E-state index contributed by atoms with van der Waals surface area (Å²) in [4.78, 5) is 11.7. The zero-order chi connectivity index (χ0) is 10.1. The lowest BCUT2D eigenvalue weighted by molar-refractivity contribution is 0.167. The van der Waals surface area contributed by atoms with Crippen molar-refractivity contribution < 1.29 is 5.11 Å². The second kappa shape index (κ2) is 3.31. The zero-order valence-corrected chi connectivity index (χ0v) is 7.90. The van der Waals surface area contributed by atoms with Gasteiger partial charge in [-0.2, -0.15) is 0 Å². The molecule has 14 heavy (non-hydrogen) atoms. The molecular weight excluding hydrogens is 180 g/mol. The van der Waals surface area contributed by atoms with E-state index in [9.17, 15) is 9.90 Å². The van der Waals surface area contributed by atoms with Crippen molar-refractivity contribution in [2.24, 2.45) is 0 Å². The number of fused-ring (bicyclic) bond motifs is 1. The molecule has 1 heterocycles. The van der Waals surface area contributed by atoms with Gasteiger partial charge in [0.05, 0.1) is 23.6 Å². The SMILES string of the molecule is CC(O)Cn1[nH]c2ccccc2c1=O. The van der Waals surface area contributed by atoms with E-state index in [1.54, 1.807) is 13.0 Å². The van der Waals surface area contributed by atoms with Crippen molar-refractivity contribution in [3.05, 3.63) is 34.6 Å². The molecule has 0 radical (unpaired) electrons. The highest BCUT2D eigenvalue weighted by Gasteiger charge is 2.06. The molecule has 0 spiro atoms. The molecule has 0 aliphatic heterocycles. The summed E-state index contributed by atoms with van der Waals surface area (Å²) in [6.45, 7) is 1.95. The van der Waals surface area contributed by atoms with E-state index in [4.69, 9.17) is 0 Å². The maximum absolute atomic E-state index is 11.7. The van der Waals surface area contributed by atoms with Crippen molar-refractivity contribution in [1.82, 2.24) is 9.78 Å². The van der Waals surface area contributed by atoms with Crippen LogP contribution in [0.3, 0.4) is 0 Å². The largest absolute Gasteiger partial charge is 0.391 e. The number of benzene rings is 1. The van der Waals surface area contributed by atoms with E-state index in [2.05, 4.69) is 5.10 Å². The minimum Gasteiger partial charge on any atom is -0.391 e. The summed E-state index contributed by atoms with van der Waals surface area (Å²) in [7, 11) is 0. The second-order valence-electron chi connectivity index (χ2n) is 3.42. The lowest BCUT2D eigenvalue weighted by atomic mass is 10.3. The van der Waals surface area contributed by atoms with Crippen LogP contribution in [0.15, 0.2) is 29.1 Å². The van der Waals surface area contributed by atoms with E-state index >= 15 is 0 Å². The first-order chi connectivity index (χ1) is 6.68. The summed E-state index contributed by atoms with van der Waals surface area (Å²) in [5.41, 5.74) is 0.722. The third-order valence-corrected chi connectivity index (χ3v) is 2.10. The van der Waals surface area contributed by atoms with Crippen molar-refractivity contribution >= 4 is 10.9 Å². The molecule has 4 nitrogen and oxygen atoms in total. The number of nitrogens with one attached hydrogen (secondary N) is 1. The molecule has 1 atom stereocenters. The summed E-state index contributed by atoms with van der Waals surface area (Å²) in [5.74, 6) is 0. The standard InChI is InChI=1S/C10H12N2O2/c1-7(13)6-12-10(14)8-4-2-3-5-9(8)11-12/h2-5,7,11,13H,6H2,1H3. The average molecular weight is 192 g/mol. The Labute approximate surface area is 80.8 Å². The van der Waals surface area contributed by atoms with Crippen molar-refractivity contribution in [2.45, 2.75) is 19.6 Å². The van der Waals surface area contributed by atoms with Crippen molar-refractivity contribution in [3.63, 3.8) is 0 Å². The van der Waals surface area contributed by atoms with Gasteiger partial charge in [0.1, 0.15) is 0 Å². The van der Waals surface area contributed by atoms with Gasteiger partial charge in [-0.3, -0.25) is 9.89 Å². The molecular formula is C10H12N2O2. The number of aliphatic hydroxyl groups excluding tert-OH is 1. The fourth-order valence-electron chi connectivity index (χ4n) is 1.50. The number of aromatic nitrogens is 2. The van der Waals surface area contributed by atoms with Crippen molar-refractivity contribution in [3.8, 4) is 0 Å². The fraction of sp³-hybridized carbons (Fsp3) is 0.300. The molecule has 2 aromatic rings. The topological polar surface area (TPSA) is 58.0 Å². The zero-order valence-electron chi connectivity index (χ0n) is 7.90. The molecule has 0 saturated carbocycles. The highest BCUT2D eigenvalue weighted by Crippen LogP contribution is 2.05. The van der Waals surface area contributed by atoms with Gasteiger partial charge in [0.25, 0.3) is 5.56 Å². The van der Waals surface area contributed by atoms with Gasteiger partial charge < -0.3 is 5.11 Å². The third-order valence-electron chi connectivity index (χ3n) is 2.10. The predicted octanol–water partition coefficient (Wildman–Crippen LogP) is 0.710. The van der Waals surface area contributed by atoms with Gasteiger partial charge in [-0.1, -0.05) is 12.1 Å². The van der Waals surface area contributed by atoms with Crippen LogP contribution in [-0.4, -0.2) is 21.0 Å². The van der Waals surface area contributed by atoms with Gasteiger partial charge >= 0.3 is 0 Å². The van der Waals surface area contributed by atoms with E-state index in [1.165, 1.54) is 4.68 Å². The Balaban J connectivity index is 2.57. The number of rotatable bonds is 2. The van der Waals surface area contributed by atoms with Crippen LogP contribution in [0.4, 0.5) is 0 Å². The Kier molecular flexibility index (Phi) is 2.13. The first kappa shape index (κ1) is 9.02. The summed E-state index contributed by atoms with van der Waals surface area (Å²) < 4.78 is 1.43. The minimum absolute atomic E-state index is 0.0819. The molecule has 1 aromatic carbocycles. The van der Waals surface area contributed by atoms with Gasteiger partial charge in [-0.25, -0.2) is 4.68 Å². The van der Waals surface area contributed by atoms with Crippen LogP contribution in [0.5, 0.6) is 0 Å². The number of aliphatic hydroxyl groups is 1. The van der Waals surface area contributed by atoms with Gasteiger partial charge in [-0.15, -0.1) is 0 Å². The van der Waals surface area contributed by atoms with Crippen molar-refractivity contribution in [2.75, 3.05) is 0 Å². The first-order valence-electron chi connectivity index (χ1n) is 4.54. The van der Waals surface area contributed by atoms with Crippen LogP contribution in [0.25, 0.3) is 10.9 Å². The molecule has 4 heteroatoms. The number of aromatic amines is 1. The smallest absolute Gasteiger partial charge is 0.274 e. The normalized spacial score (nSPS) is 13.3. The Hall–Kier alpha value is -1.55. The number of para-hydroxylation sites is 1. The van der Waals surface area contributed by atoms with E-state index in [-0.39, 0.29) is 5.56 Å². The summed E-state index contributed by atoms with van der Waals surface area (Å²) >= 11 is 0. The van der Waals surface area contributed by atoms with Crippen LogP contribution in [0.2, 0.25) is 0 Å². The molecule has 0 fully saturated rings. The highest BCUT2D eigenvalue weighted by molar-refractivity contribution is 5.77. The molecule has 0 bridgehead atoms. The Morgan fingerprint density at radius 3 is 2.86 bits per heavy atom. The van der Waals surface area contributed by atoms with Gasteiger partial charge in [0, 0.05) is 0 Å². The maximum Gasteiger partial charge on any atom is 0.274 e. The van der Waals surface area contributed by atoms with Crippen LogP contribution in [-0.2, 0) is 6.54 Å². The predicted molar refractivity (Wildman–Crippen MR) is 54.2 cm³/mol.